The highest BCUT2D eigenvalue weighted by Gasteiger charge is 2.16. The highest BCUT2D eigenvalue weighted by Crippen LogP contribution is 2.32. The van der Waals surface area contributed by atoms with Crippen LogP contribution in [0.2, 0.25) is 0 Å². The van der Waals surface area contributed by atoms with Gasteiger partial charge in [-0.1, -0.05) is 6.07 Å². The van der Waals surface area contributed by atoms with Crippen molar-refractivity contribution in [1.82, 2.24) is 9.55 Å². The van der Waals surface area contributed by atoms with Gasteiger partial charge in [0, 0.05) is 0 Å². The Morgan fingerprint density at radius 3 is 3.05 bits per heavy atom. The molecule has 1 aliphatic rings. The first-order valence-electron chi connectivity index (χ1n) is 6.53. The van der Waals surface area contributed by atoms with E-state index in [-0.39, 0.29) is 24.7 Å². The number of aromatic nitrogens is 2. The van der Waals surface area contributed by atoms with Crippen LogP contribution in [-0.4, -0.2) is 16.3 Å². The third-order valence-corrected chi connectivity index (χ3v) is 4.34. The molecule has 0 atom stereocenters. The van der Waals surface area contributed by atoms with Crippen molar-refractivity contribution < 1.29 is 9.47 Å². The third-order valence-electron chi connectivity index (χ3n) is 3.44. The summed E-state index contributed by atoms with van der Waals surface area (Å²) in [7, 11) is 0. The number of ether oxygens (including phenoxy) is 2. The Hall–Kier alpha value is -2.85. The maximum atomic E-state index is 12.5. The van der Waals surface area contributed by atoms with Crippen molar-refractivity contribution in [3.63, 3.8) is 0 Å². The molecule has 0 spiro atoms. The van der Waals surface area contributed by atoms with Crippen LogP contribution in [0.15, 0.2) is 34.4 Å². The van der Waals surface area contributed by atoms with Crippen molar-refractivity contribution in [3.8, 4) is 17.6 Å². The topological polar surface area (TPSA) is 77.1 Å². The zero-order valence-electron chi connectivity index (χ0n) is 11.3. The Morgan fingerprint density at radius 2 is 2.18 bits per heavy atom. The van der Waals surface area contributed by atoms with Crippen molar-refractivity contribution in [2.45, 2.75) is 6.54 Å². The van der Waals surface area contributed by atoms with Crippen LogP contribution in [0.3, 0.4) is 0 Å². The van der Waals surface area contributed by atoms with Crippen LogP contribution in [0.5, 0.6) is 11.5 Å². The molecular weight excluding hydrogens is 302 g/mol. The molecule has 0 fully saturated rings. The Bertz CT molecular complexity index is 984. The van der Waals surface area contributed by atoms with Crippen molar-refractivity contribution >= 4 is 21.6 Å². The molecule has 2 aromatic heterocycles. The number of fused-ring (bicyclic) bond motifs is 2. The summed E-state index contributed by atoms with van der Waals surface area (Å²) in [4.78, 5) is 16.8. The smallest absolute Gasteiger partial charge is 0.272 e. The number of benzene rings is 1. The molecule has 0 saturated carbocycles. The molecule has 0 aliphatic carbocycles. The zero-order valence-corrected chi connectivity index (χ0v) is 12.1. The summed E-state index contributed by atoms with van der Waals surface area (Å²) in [5.74, 6) is 1.44. The van der Waals surface area contributed by atoms with Crippen molar-refractivity contribution in [3.05, 3.63) is 51.4 Å². The van der Waals surface area contributed by atoms with E-state index in [1.807, 2.05) is 18.2 Å². The monoisotopic (exact) mass is 311 g/mol. The van der Waals surface area contributed by atoms with E-state index in [2.05, 4.69) is 4.98 Å². The van der Waals surface area contributed by atoms with Gasteiger partial charge in [0.25, 0.3) is 5.56 Å². The van der Waals surface area contributed by atoms with Gasteiger partial charge in [-0.2, -0.15) is 5.26 Å². The second-order valence-electron chi connectivity index (χ2n) is 4.76. The Morgan fingerprint density at radius 1 is 1.32 bits per heavy atom. The van der Waals surface area contributed by atoms with Gasteiger partial charge in [-0.25, -0.2) is 4.98 Å². The lowest BCUT2D eigenvalue weighted by Crippen LogP contribution is -2.24. The fourth-order valence-corrected chi connectivity index (χ4v) is 3.18. The average molecular weight is 311 g/mol. The lowest BCUT2D eigenvalue weighted by Gasteiger charge is -2.08. The van der Waals surface area contributed by atoms with Gasteiger partial charge in [-0.3, -0.25) is 9.36 Å². The standard InChI is InChI=1S/C15H9N3O3S/c16-6-13-17-10-3-4-22-14(10)15(19)18(13)7-9-1-2-11-12(5-9)21-8-20-11/h1-5H,7-8H2. The largest absolute Gasteiger partial charge is 0.454 e. The summed E-state index contributed by atoms with van der Waals surface area (Å²) < 4.78 is 12.5. The van der Waals surface area contributed by atoms with Crippen LogP contribution in [0, 0.1) is 11.3 Å². The lowest BCUT2D eigenvalue weighted by molar-refractivity contribution is 0.174. The molecule has 0 saturated heterocycles. The van der Waals surface area contributed by atoms with Gasteiger partial charge in [0.2, 0.25) is 12.6 Å². The average Bonchev–Trinajstić information content (AvgIpc) is 3.18. The number of nitriles is 1. The van der Waals surface area contributed by atoms with Crippen molar-refractivity contribution in [2.75, 3.05) is 6.79 Å². The Balaban J connectivity index is 1.82. The van der Waals surface area contributed by atoms with Gasteiger partial charge in [0.1, 0.15) is 10.8 Å². The van der Waals surface area contributed by atoms with Gasteiger partial charge in [0.15, 0.2) is 11.5 Å². The van der Waals surface area contributed by atoms with Crippen molar-refractivity contribution in [2.24, 2.45) is 0 Å². The van der Waals surface area contributed by atoms with E-state index in [0.29, 0.717) is 21.7 Å². The van der Waals surface area contributed by atoms with Crippen LogP contribution in [0.1, 0.15) is 11.4 Å². The SMILES string of the molecule is N#Cc1nc2ccsc2c(=O)n1Cc1ccc2c(c1)OCO2. The maximum Gasteiger partial charge on any atom is 0.272 e. The molecule has 1 aromatic carbocycles. The summed E-state index contributed by atoms with van der Waals surface area (Å²) in [6.07, 6.45) is 0. The van der Waals surface area contributed by atoms with Gasteiger partial charge >= 0.3 is 0 Å². The van der Waals surface area contributed by atoms with Crippen LogP contribution >= 0.6 is 11.3 Å². The Kier molecular flexibility index (Phi) is 2.84. The molecule has 0 amide bonds. The third kappa shape index (κ3) is 1.93. The van der Waals surface area contributed by atoms with Gasteiger partial charge in [-0.05, 0) is 29.1 Å². The highest BCUT2D eigenvalue weighted by molar-refractivity contribution is 7.17. The van der Waals surface area contributed by atoms with Crippen molar-refractivity contribution in [1.29, 1.82) is 5.26 Å². The van der Waals surface area contributed by atoms with Crippen LogP contribution in [-0.2, 0) is 6.54 Å². The maximum absolute atomic E-state index is 12.5. The number of rotatable bonds is 2. The minimum Gasteiger partial charge on any atom is -0.454 e. The molecule has 4 rings (SSSR count). The first-order chi connectivity index (χ1) is 10.8. The molecule has 0 N–H and O–H groups in total. The Labute approximate surface area is 128 Å². The van der Waals surface area contributed by atoms with E-state index in [1.165, 1.54) is 15.9 Å². The molecule has 3 heterocycles. The first-order valence-corrected chi connectivity index (χ1v) is 7.41. The summed E-state index contributed by atoms with van der Waals surface area (Å²) in [5, 5.41) is 11.1. The van der Waals surface area contributed by atoms with Gasteiger partial charge < -0.3 is 9.47 Å². The molecule has 6 nitrogen and oxygen atoms in total. The summed E-state index contributed by atoms with van der Waals surface area (Å²) in [5.41, 5.74) is 1.21. The highest BCUT2D eigenvalue weighted by atomic mass is 32.1. The second-order valence-corrected chi connectivity index (χ2v) is 5.68. The van der Waals surface area contributed by atoms with Crippen LogP contribution in [0.4, 0.5) is 0 Å². The van der Waals surface area contributed by atoms with Crippen LogP contribution < -0.4 is 15.0 Å². The van der Waals surface area contributed by atoms with Gasteiger partial charge in [0.05, 0.1) is 12.1 Å². The lowest BCUT2D eigenvalue weighted by atomic mass is 10.2. The normalized spacial score (nSPS) is 12.5. The van der Waals surface area contributed by atoms with E-state index >= 15 is 0 Å². The van der Waals surface area contributed by atoms with E-state index in [4.69, 9.17) is 9.47 Å². The quantitative estimate of drug-likeness (QED) is 0.724. The molecular formula is C15H9N3O3S. The minimum atomic E-state index is -0.200. The molecule has 0 radical (unpaired) electrons. The molecule has 0 bridgehead atoms. The van der Waals surface area contributed by atoms with E-state index < -0.39 is 0 Å². The van der Waals surface area contributed by atoms with E-state index in [1.54, 1.807) is 17.5 Å². The molecule has 108 valence electrons. The summed E-state index contributed by atoms with van der Waals surface area (Å²) in [6.45, 7) is 0.462. The first kappa shape index (κ1) is 12.9. The van der Waals surface area contributed by atoms with Gasteiger partial charge in [-0.15, -0.1) is 11.3 Å². The summed E-state index contributed by atoms with van der Waals surface area (Å²) >= 11 is 1.33. The number of nitrogens with zero attached hydrogens (tertiary/aromatic N) is 3. The molecule has 22 heavy (non-hydrogen) atoms. The number of hydrogen-bond donors (Lipinski definition) is 0. The van der Waals surface area contributed by atoms with E-state index in [9.17, 15) is 10.1 Å². The van der Waals surface area contributed by atoms with E-state index in [0.717, 1.165) is 5.56 Å². The molecule has 0 unspecified atom stereocenters. The minimum absolute atomic E-state index is 0.105. The second kappa shape index (κ2) is 4.86. The number of hydrogen-bond acceptors (Lipinski definition) is 6. The summed E-state index contributed by atoms with van der Waals surface area (Å²) in [6, 6.07) is 9.19. The van der Waals surface area contributed by atoms with Crippen LogP contribution in [0.25, 0.3) is 10.2 Å². The molecule has 1 aliphatic heterocycles. The zero-order chi connectivity index (χ0) is 15.1. The number of thiophene rings is 1. The fraction of sp³-hybridized carbons (Fsp3) is 0.133. The molecule has 7 heteroatoms. The predicted molar refractivity (Wildman–Crippen MR) is 80.3 cm³/mol. The predicted octanol–water partition coefficient (Wildman–Crippen LogP) is 2.11. The molecule has 3 aromatic rings. The fourth-order valence-electron chi connectivity index (χ4n) is 2.40.